The van der Waals surface area contributed by atoms with Crippen LogP contribution in [0.1, 0.15) is 22.8 Å². The third kappa shape index (κ3) is 3.68. The number of anilines is 1. The van der Waals surface area contributed by atoms with Crippen molar-refractivity contribution in [2.24, 2.45) is 7.05 Å². The Labute approximate surface area is 116 Å². The molecule has 0 saturated carbocycles. The van der Waals surface area contributed by atoms with Crippen LogP contribution in [0.3, 0.4) is 0 Å². The SMILES string of the molecule is CC(=O)Nc1cccc(CNC(=O)c2cnn(C)c2)c1. The summed E-state index contributed by atoms with van der Waals surface area (Å²) in [5.41, 5.74) is 2.14. The Balaban J connectivity index is 1.97. The van der Waals surface area contributed by atoms with Gasteiger partial charge in [-0.1, -0.05) is 12.1 Å². The van der Waals surface area contributed by atoms with Crippen LogP contribution in [0.15, 0.2) is 36.7 Å². The summed E-state index contributed by atoms with van der Waals surface area (Å²) in [6.07, 6.45) is 3.17. The highest BCUT2D eigenvalue weighted by Gasteiger charge is 2.07. The van der Waals surface area contributed by atoms with Crippen LogP contribution in [0.5, 0.6) is 0 Å². The molecule has 1 aromatic heterocycles. The fourth-order valence-electron chi connectivity index (χ4n) is 1.79. The van der Waals surface area contributed by atoms with Crippen molar-refractivity contribution < 1.29 is 9.59 Å². The molecule has 2 amide bonds. The second-order valence-corrected chi connectivity index (χ2v) is 4.47. The molecule has 0 unspecified atom stereocenters. The van der Waals surface area contributed by atoms with Gasteiger partial charge in [-0.05, 0) is 17.7 Å². The number of aryl methyl sites for hydroxylation is 1. The number of rotatable bonds is 4. The van der Waals surface area contributed by atoms with Crippen LogP contribution >= 0.6 is 0 Å². The molecule has 1 heterocycles. The number of carbonyl (C=O) groups is 2. The molecule has 2 aromatic rings. The monoisotopic (exact) mass is 272 g/mol. The minimum Gasteiger partial charge on any atom is -0.348 e. The molecule has 20 heavy (non-hydrogen) atoms. The van der Waals surface area contributed by atoms with Gasteiger partial charge in [0.2, 0.25) is 5.91 Å². The predicted octanol–water partition coefficient (Wildman–Crippen LogP) is 1.31. The third-order valence-corrected chi connectivity index (χ3v) is 2.67. The number of amides is 2. The molecule has 0 aliphatic carbocycles. The first kappa shape index (κ1) is 13.8. The lowest BCUT2D eigenvalue weighted by atomic mass is 10.2. The summed E-state index contributed by atoms with van der Waals surface area (Å²) >= 11 is 0. The molecule has 6 nitrogen and oxygen atoms in total. The van der Waals surface area contributed by atoms with Crippen molar-refractivity contribution in [2.45, 2.75) is 13.5 Å². The zero-order chi connectivity index (χ0) is 14.5. The highest BCUT2D eigenvalue weighted by molar-refractivity contribution is 5.93. The van der Waals surface area contributed by atoms with Crippen LogP contribution in [0.4, 0.5) is 5.69 Å². The Kier molecular flexibility index (Phi) is 4.14. The van der Waals surface area contributed by atoms with Crippen LogP contribution in [0.2, 0.25) is 0 Å². The largest absolute Gasteiger partial charge is 0.348 e. The first-order chi connectivity index (χ1) is 9.54. The van der Waals surface area contributed by atoms with E-state index in [1.807, 2.05) is 18.2 Å². The zero-order valence-electron chi connectivity index (χ0n) is 11.4. The van der Waals surface area contributed by atoms with Crippen molar-refractivity contribution >= 4 is 17.5 Å². The lowest BCUT2D eigenvalue weighted by Crippen LogP contribution is -2.22. The van der Waals surface area contributed by atoms with E-state index in [9.17, 15) is 9.59 Å². The number of hydrogen-bond acceptors (Lipinski definition) is 3. The average Bonchev–Trinajstić information content (AvgIpc) is 2.82. The number of aromatic nitrogens is 2. The Morgan fingerprint density at radius 1 is 1.35 bits per heavy atom. The van der Waals surface area contributed by atoms with Crippen molar-refractivity contribution in [1.29, 1.82) is 0 Å². The summed E-state index contributed by atoms with van der Waals surface area (Å²) in [4.78, 5) is 22.8. The van der Waals surface area contributed by atoms with E-state index in [1.54, 1.807) is 24.0 Å². The molecule has 1 aromatic carbocycles. The molecule has 0 atom stereocenters. The topological polar surface area (TPSA) is 76.0 Å². The van der Waals surface area contributed by atoms with Crippen molar-refractivity contribution in [3.63, 3.8) is 0 Å². The van der Waals surface area contributed by atoms with Gasteiger partial charge in [0.1, 0.15) is 0 Å². The van der Waals surface area contributed by atoms with Gasteiger partial charge in [0.15, 0.2) is 0 Å². The van der Waals surface area contributed by atoms with Crippen LogP contribution in [-0.2, 0) is 18.4 Å². The van der Waals surface area contributed by atoms with Crippen molar-refractivity contribution in [1.82, 2.24) is 15.1 Å². The molecule has 6 heteroatoms. The van der Waals surface area contributed by atoms with Crippen LogP contribution < -0.4 is 10.6 Å². The molecule has 0 radical (unpaired) electrons. The normalized spacial score (nSPS) is 10.1. The minimum absolute atomic E-state index is 0.124. The number of benzene rings is 1. The summed E-state index contributed by atoms with van der Waals surface area (Å²) in [5, 5.41) is 9.45. The third-order valence-electron chi connectivity index (χ3n) is 2.67. The second-order valence-electron chi connectivity index (χ2n) is 4.47. The van der Waals surface area contributed by atoms with Gasteiger partial charge in [-0.25, -0.2) is 0 Å². The van der Waals surface area contributed by atoms with Gasteiger partial charge in [-0.15, -0.1) is 0 Å². The molecule has 2 N–H and O–H groups in total. The van der Waals surface area contributed by atoms with Crippen LogP contribution in [0.25, 0.3) is 0 Å². The molecule has 0 bridgehead atoms. The molecule has 2 rings (SSSR count). The van der Waals surface area contributed by atoms with Gasteiger partial charge in [-0.3, -0.25) is 14.3 Å². The number of carbonyl (C=O) groups excluding carboxylic acids is 2. The molecule has 0 spiro atoms. The average molecular weight is 272 g/mol. The molecule has 0 aliphatic heterocycles. The highest BCUT2D eigenvalue weighted by Crippen LogP contribution is 2.10. The minimum atomic E-state index is -0.178. The lowest BCUT2D eigenvalue weighted by molar-refractivity contribution is -0.114. The number of hydrogen-bond donors (Lipinski definition) is 2. The van der Waals surface area contributed by atoms with Crippen LogP contribution in [0, 0.1) is 0 Å². The van der Waals surface area contributed by atoms with Gasteiger partial charge in [0.05, 0.1) is 11.8 Å². The Morgan fingerprint density at radius 3 is 2.80 bits per heavy atom. The van der Waals surface area contributed by atoms with E-state index in [4.69, 9.17) is 0 Å². The zero-order valence-corrected chi connectivity index (χ0v) is 11.4. The Hall–Kier alpha value is -2.63. The standard InChI is InChI=1S/C14H16N4O2/c1-10(19)17-13-5-3-4-11(6-13)7-15-14(20)12-8-16-18(2)9-12/h3-6,8-9H,7H2,1-2H3,(H,15,20)(H,17,19). The van der Waals surface area contributed by atoms with E-state index in [0.717, 1.165) is 5.56 Å². The molecular weight excluding hydrogens is 256 g/mol. The fraction of sp³-hybridized carbons (Fsp3) is 0.214. The quantitative estimate of drug-likeness (QED) is 0.881. The second kappa shape index (κ2) is 6.01. The Bertz CT molecular complexity index is 634. The van der Waals surface area contributed by atoms with Crippen molar-refractivity contribution in [2.75, 3.05) is 5.32 Å². The maximum atomic E-state index is 11.9. The number of nitrogens with one attached hydrogen (secondary N) is 2. The highest BCUT2D eigenvalue weighted by atomic mass is 16.2. The van der Waals surface area contributed by atoms with E-state index >= 15 is 0 Å². The molecule has 0 fully saturated rings. The lowest BCUT2D eigenvalue weighted by Gasteiger charge is -2.07. The summed E-state index contributed by atoms with van der Waals surface area (Å²) in [6.45, 7) is 1.85. The summed E-state index contributed by atoms with van der Waals surface area (Å²) in [7, 11) is 1.76. The summed E-state index contributed by atoms with van der Waals surface area (Å²) < 4.78 is 1.58. The first-order valence-electron chi connectivity index (χ1n) is 6.18. The first-order valence-corrected chi connectivity index (χ1v) is 6.18. The van der Waals surface area contributed by atoms with Gasteiger partial charge >= 0.3 is 0 Å². The van der Waals surface area contributed by atoms with E-state index in [0.29, 0.717) is 17.8 Å². The molecule has 0 aliphatic rings. The number of nitrogens with zero attached hydrogens (tertiary/aromatic N) is 2. The smallest absolute Gasteiger partial charge is 0.254 e. The van der Waals surface area contributed by atoms with E-state index in [2.05, 4.69) is 15.7 Å². The summed E-state index contributed by atoms with van der Waals surface area (Å²) in [6, 6.07) is 7.34. The van der Waals surface area contributed by atoms with Crippen molar-refractivity contribution in [3.05, 3.63) is 47.8 Å². The van der Waals surface area contributed by atoms with Gasteiger partial charge < -0.3 is 10.6 Å². The van der Waals surface area contributed by atoms with Gasteiger partial charge in [0.25, 0.3) is 5.91 Å². The summed E-state index contributed by atoms with van der Waals surface area (Å²) in [5.74, 6) is -0.301. The van der Waals surface area contributed by atoms with E-state index in [1.165, 1.54) is 13.1 Å². The van der Waals surface area contributed by atoms with Crippen LogP contribution in [-0.4, -0.2) is 21.6 Å². The molecule has 104 valence electrons. The predicted molar refractivity (Wildman–Crippen MR) is 75.1 cm³/mol. The van der Waals surface area contributed by atoms with E-state index in [-0.39, 0.29) is 11.8 Å². The van der Waals surface area contributed by atoms with Gasteiger partial charge in [-0.2, -0.15) is 5.10 Å². The maximum absolute atomic E-state index is 11.9. The fourth-order valence-corrected chi connectivity index (χ4v) is 1.79. The van der Waals surface area contributed by atoms with Crippen molar-refractivity contribution in [3.8, 4) is 0 Å². The molecule has 0 saturated heterocycles. The molecular formula is C14H16N4O2. The van der Waals surface area contributed by atoms with E-state index < -0.39 is 0 Å². The maximum Gasteiger partial charge on any atom is 0.254 e. The Morgan fingerprint density at radius 2 is 2.15 bits per heavy atom. The van der Waals surface area contributed by atoms with Gasteiger partial charge in [0, 0.05) is 32.4 Å².